The molecule has 0 fully saturated rings. The monoisotopic (exact) mass is 412 g/mol. The van der Waals surface area contributed by atoms with Crippen molar-refractivity contribution in [2.45, 2.75) is 0 Å². The number of furan rings is 1. The van der Waals surface area contributed by atoms with Crippen LogP contribution in [-0.2, 0) is 4.79 Å². The largest absolute Gasteiger partial charge is 0.459 e. The first-order valence-electron chi connectivity index (χ1n) is 8.55. The van der Waals surface area contributed by atoms with E-state index in [1.807, 2.05) is 6.07 Å². The predicted molar refractivity (Wildman–Crippen MR) is 110 cm³/mol. The van der Waals surface area contributed by atoms with Crippen LogP contribution in [0.1, 0.15) is 10.6 Å². The fraction of sp³-hybridized carbons (Fsp3) is 0.0500. The molecule has 4 amide bonds. The van der Waals surface area contributed by atoms with Crippen LogP contribution in [0.2, 0.25) is 5.02 Å². The third kappa shape index (κ3) is 5.85. The average Bonchev–Trinajstić information content (AvgIpc) is 3.23. The van der Waals surface area contributed by atoms with E-state index in [0.29, 0.717) is 22.1 Å². The maximum Gasteiger partial charge on any atom is 0.325 e. The highest BCUT2D eigenvalue weighted by atomic mass is 35.5. The zero-order chi connectivity index (χ0) is 20.6. The summed E-state index contributed by atoms with van der Waals surface area (Å²) in [6.45, 7) is -0.201. The molecule has 29 heavy (non-hydrogen) atoms. The van der Waals surface area contributed by atoms with Gasteiger partial charge >= 0.3 is 6.03 Å². The molecule has 1 heterocycles. The fourth-order valence-electron chi connectivity index (χ4n) is 2.40. The molecular formula is C20H17ClN4O4. The highest BCUT2D eigenvalue weighted by Gasteiger charge is 2.13. The van der Waals surface area contributed by atoms with Gasteiger partial charge in [-0.3, -0.25) is 14.9 Å². The molecule has 0 aliphatic heterocycles. The molecule has 0 unspecified atom stereocenters. The number of benzene rings is 2. The minimum atomic E-state index is -0.648. The van der Waals surface area contributed by atoms with E-state index in [9.17, 15) is 14.4 Å². The van der Waals surface area contributed by atoms with E-state index in [1.165, 1.54) is 18.4 Å². The van der Waals surface area contributed by atoms with Crippen LogP contribution in [0.3, 0.4) is 0 Å². The van der Waals surface area contributed by atoms with Crippen molar-refractivity contribution in [1.82, 2.24) is 5.32 Å². The van der Waals surface area contributed by atoms with Gasteiger partial charge in [0.2, 0.25) is 5.91 Å². The fourth-order valence-corrected chi connectivity index (χ4v) is 2.57. The standard InChI is InChI=1S/C20H17ClN4O4/c21-13-8-9-15(16(11-13)24-19(27)17-7-4-10-29-17)22-12-18(26)25-20(28)23-14-5-2-1-3-6-14/h1-11,22H,12H2,(H,24,27)(H2,23,25,26,28). The molecule has 1 aromatic heterocycles. The summed E-state index contributed by atoms with van der Waals surface area (Å²) in [6, 6.07) is 15.9. The maximum absolute atomic E-state index is 12.2. The Balaban J connectivity index is 1.57. The lowest BCUT2D eigenvalue weighted by atomic mass is 10.2. The first-order valence-corrected chi connectivity index (χ1v) is 8.93. The van der Waals surface area contributed by atoms with Gasteiger partial charge in [-0.2, -0.15) is 0 Å². The van der Waals surface area contributed by atoms with E-state index in [-0.39, 0.29) is 12.3 Å². The van der Waals surface area contributed by atoms with Crippen molar-refractivity contribution in [2.75, 3.05) is 22.5 Å². The summed E-state index contributed by atoms with van der Waals surface area (Å²) in [7, 11) is 0. The molecule has 0 bridgehead atoms. The lowest BCUT2D eigenvalue weighted by Crippen LogP contribution is -2.38. The Morgan fingerprint density at radius 2 is 1.69 bits per heavy atom. The van der Waals surface area contributed by atoms with E-state index in [0.717, 1.165) is 0 Å². The summed E-state index contributed by atoms with van der Waals surface area (Å²) in [6.07, 6.45) is 1.39. The number of anilines is 3. The zero-order valence-corrected chi connectivity index (χ0v) is 15.8. The minimum absolute atomic E-state index is 0.131. The second kappa shape index (κ2) is 9.43. The van der Waals surface area contributed by atoms with E-state index >= 15 is 0 Å². The molecule has 8 nitrogen and oxygen atoms in total. The summed E-state index contributed by atoms with van der Waals surface area (Å²) >= 11 is 6.00. The number of hydrogen-bond donors (Lipinski definition) is 4. The van der Waals surface area contributed by atoms with E-state index < -0.39 is 17.8 Å². The van der Waals surface area contributed by atoms with Crippen LogP contribution >= 0.6 is 11.6 Å². The summed E-state index contributed by atoms with van der Waals surface area (Å²) < 4.78 is 5.05. The number of nitrogens with one attached hydrogen (secondary N) is 4. The molecule has 148 valence electrons. The number of carbonyl (C=O) groups excluding carboxylic acids is 3. The SMILES string of the molecule is O=C(CNc1ccc(Cl)cc1NC(=O)c1ccco1)NC(=O)Nc1ccccc1. The van der Waals surface area contributed by atoms with Gasteiger partial charge in [-0.1, -0.05) is 29.8 Å². The highest BCUT2D eigenvalue weighted by Crippen LogP contribution is 2.26. The van der Waals surface area contributed by atoms with Crippen LogP contribution in [0.4, 0.5) is 21.9 Å². The molecule has 0 saturated carbocycles. The lowest BCUT2D eigenvalue weighted by Gasteiger charge is -2.13. The van der Waals surface area contributed by atoms with Gasteiger partial charge < -0.3 is 20.4 Å². The topological polar surface area (TPSA) is 112 Å². The van der Waals surface area contributed by atoms with Gasteiger partial charge in [0.1, 0.15) is 0 Å². The minimum Gasteiger partial charge on any atom is -0.459 e. The molecule has 0 radical (unpaired) electrons. The zero-order valence-electron chi connectivity index (χ0n) is 15.1. The van der Waals surface area contributed by atoms with Gasteiger partial charge in [0.15, 0.2) is 5.76 Å². The summed E-state index contributed by atoms with van der Waals surface area (Å²) in [5.74, 6) is -0.894. The Kier molecular flexibility index (Phi) is 6.49. The summed E-state index contributed by atoms with van der Waals surface area (Å²) in [5.41, 5.74) is 1.37. The number of halogens is 1. The van der Waals surface area contributed by atoms with Crippen molar-refractivity contribution in [2.24, 2.45) is 0 Å². The number of hydrogen-bond acceptors (Lipinski definition) is 5. The first-order chi connectivity index (χ1) is 14.0. The summed E-state index contributed by atoms with van der Waals surface area (Å²) in [5, 5.41) is 10.7. The number of carbonyl (C=O) groups is 3. The van der Waals surface area contributed by atoms with Crippen LogP contribution < -0.4 is 21.3 Å². The molecule has 0 saturated heterocycles. The summed E-state index contributed by atoms with van der Waals surface area (Å²) in [4.78, 5) is 36.1. The van der Waals surface area contributed by atoms with Crippen molar-refractivity contribution in [3.8, 4) is 0 Å². The van der Waals surface area contributed by atoms with E-state index in [1.54, 1.807) is 42.5 Å². The normalized spacial score (nSPS) is 10.1. The van der Waals surface area contributed by atoms with Crippen LogP contribution in [-0.4, -0.2) is 24.4 Å². The molecule has 2 aromatic carbocycles. The first kappa shape index (κ1) is 20.0. The molecule has 3 aromatic rings. The Morgan fingerprint density at radius 3 is 2.41 bits per heavy atom. The van der Waals surface area contributed by atoms with Crippen LogP contribution in [0.25, 0.3) is 0 Å². The van der Waals surface area contributed by atoms with Gasteiger partial charge in [0.05, 0.1) is 24.2 Å². The van der Waals surface area contributed by atoms with Crippen molar-refractivity contribution in [3.63, 3.8) is 0 Å². The van der Waals surface area contributed by atoms with Crippen LogP contribution in [0.5, 0.6) is 0 Å². The maximum atomic E-state index is 12.2. The van der Waals surface area contributed by atoms with Crippen LogP contribution in [0, 0.1) is 0 Å². The molecule has 0 aliphatic carbocycles. The third-order valence-electron chi connectivity index (χ3n) is 3.70. The molecule has 3 rings (SSSR count). The molecular weight excluding hydrogens is 396 g/mol. The second-order valence-electron chi connectivity index (χ2n) is 5.84. The van der Waals surface area contributed by atoms with Gasteiger partial charge in [0.25, 0.3) is 5.91 Å². The van der Waals surface area contributed by atoms with Crippen molar-refractivity contribution in [3.05, 3.63) is 77.7 Å². The predicted octanol–water partition coefficient (Wildman–Crippen LogP) is 3.95. The van der Waals surface area contributed by atoms with E-state index in [4.69, 9.17) is 16.0 Å². The Hall–Kier alpha value is -3.78. The number of urea groups is 1. The number of rotatable bonds is 6. The van der Waals surface area contributed by atoms with Gasteiger partial charge in [0, 0.05) is 10.7 Å². The van der Waals surface area contributed by atoms with Gasteiger partial charge in [-0.15, -0.1) is 0 Å². The van der Waals surface area contributed by atoms with Gasteiger partial charge in [-0.05, 0) is 42.5 Å². The Morgan fingerprint density at radius 1 is 0.897 bits per heavy atom. The third-order valence-corrected chi connectivity index (χ3v) is 3.93. The highest BCUT2D eigenvalue weighted by molar-refractivity contribution is 6.31. The quantitative estimate of drug-likeness (QED) is 0.489. The second-order valence-corrected chi connectivity index (χ2v) is 6.28. The lowest BCUT2D eigenvalue weighted by molar-refractivity contribution is -0.118. The van der Waals surface area contributed by atoms with Gasteiger partial charge in [-0.25, -0.2) is 4.79 Å². The number of imide groups is 1. The molecule has 0 aliphatic rings. The Bertz CT molecular complexity index is 1010. The number of para-hydroxylation sites is 1. The smallest absolute Gasteiger partial charge is 0.325 e. The molecule has 4 N–H and O–H groups in total. The van der Waals surface area contributed by atoms with Crippen molar-refractivity contribution < 1.29 is 18.8 Å². The Labute approximate surface area is 171 Å². The van der Waals surface area contributed by atoms with Crippen molar-refractivity contribution in [1.29, 1.82) is 0 Å². The number of amides is 4. The molecule has 0 atom stereocenters. The van der Waals surface area contributed by atoms with Crippen molar-refractivity contribution >= 4 is 46.5 Å². The van der Waals surface area contributed by atoms with Crippen LogP contribution in [0.15, 0.2) is 71.3 Å². The molecule has 0 spiro atoms. The average molecular weight is 413 g/mol. The van der Waals surface area contributed by atoms with E-state index in [2.05, 4.69) is 21.3 Å². The molecule has 9 heteroatoms.